The van der Waals surface area contributed by atoms with Gasteiger partial charge in [-0.15, -0.1) is 0 Å². The van der Waals surface area contributed by atoms with E-state index in [9.17, 15) is 4.79 Å². The highest BCUT2D eigenvalue weighted by molar-refractivity contribution is 6.33. The van der Waals surface area contributed by atoms with Gasteiger partial charge in [0.25, 0.3) is 0 Å². The number of rotatable bonds is 2. The fourth-order valence-corrected chi connectivity index (χ4v) is 3.96. The Morgan fingerprint density at radius 2 is 1.17 bits per heavy atom. The molecule has 0 spiro atoms. The van der Waals surface area contributed by atoms with Gasteiger partial charge >= 0.3 is 0 Å². The van der Waals surface area contributed by atoms with Gasteiger partial charge in [0.15, 0.2) is 0 Å². The third-order valence-electron chi connectivity index (χ3n) is 4.91. The molecule has 5 aromatic carbocycles. The van der Waals surface area contributed by atoms with Crippen molar-refractivity contribution in [3.8, 4) is 0 Å². The van der Waals surface area contributed by atoms with Crippen molar-refractivity contribution in [1.82, 2.24) is 0 Å². The van der Waals surface area contributed by atoms with E-state index < -0.39 is 0 Å². The van der Waals surface area contributed by atoms with Gasteiger partial charge < -0.3 is 0 Å². The lowest BCUT2D eigenvalue weighted by molar-refractivity contribution is -0.104. The molecular weight excluding hydrogens is 292 g/mol. The van der Waals surface area contributed by atoms with Crippen LogP contribution in [0.4, 0.5) is 0 Å². The maximum atomic E-state index is 10.7. The van der Waals surface area contributed by atoms with Gasteiger partial charge in [-0.05, 0) is 54.7 Å². The van der Waals surface area contributed by atoms with Crippen molar-refractivity contribution in [1.29, 1.82) is 0 Å². The third-order valence-corrected chi connectivity index (χ3v) is 4.91. The largest absolute Gasteiger partial charge is 0.299 e. The minimum Gasteiger partial charge on any atom is -0.299 e. The molecule has 1 heteroatoms. The molecule has 0 amide bonds. The molecule has 0 atom stereocenters. The average molecular weight is 306 g/mol. The maximum Gasteiger partial charge on any atom is 0.142 e. The van der Waals surface area contributed by atoms with Crippen molar-refractivity contribution in [2.75, 3.05) is 0 Å². The Kier molecular flexibility index (Phi) is 2.71. The summed E-state index contributed by atoms with van der Waals surface area (Å²) in [5, 5.41) is 10.2. The number of hydrogen-bond acceptors (Lipinski definition) is 1. The Bertz CT molecular complexity index is 1210. The summed E-state index contributed by atoms with van der Waals surface area (Å²) in [5.74, 6) is 0. The lowest BCUT2D eigenvalue weighted by Gasteiger charge is -2.15. The topological polar surface area (TPSA) is 17.1 Å². The van der Waals surface area contributed by atoms with Gasteiger partial charge in [0.1, 0.15) is 6.29 Å². The number of carbonyl (C=O) groups excluding carboxylic acids is 1. The Labute approximate surface area is 139 Å². The summed E-state index contributed by atoms with van der Waals surface area (Å²) in [7, 11) is 0. The van der Waals surface area contributed by atoms with Gasteiger partial charge in [-0.25, -0.2) is 0 Å². The predicted octanol–water partition coefficient (Wildman–Crippen LogP) is 5.95. The van der Waals surface area contributed by atoms with Crippen molar-refractivity contribution >= 4 is 55.5 Å². The number of hydrogen-bond donors (Lipinski definition) is 0. The van der Waals surface area contributed by atoms with Crippen LogP contribution in [0.15, 0.2) is 72.8 Å². The summed E-state index contributed by atoms with van der Waals surface area (Å²) in [4.78, 5) is 10.7. The molecule has 0 saturated heterocycles. The lowest BCUT2D eigenvalue weighted by atomic mass is 9.88. The van der Waals surface area contributed by atoms with Gasteiger partial charge in [0.2, 0.25) is 0 Å². The summed E-state index contributed by atoms with van der Waals surface area (Å²) in [5.41, 5.74) is 1.08. The standard InChI is InChI=1S/C23H14O/c24-14-4-7-15-12-13-21-19-10-2-6-16-5-1-9-18(22(16)19)20-11-3-8-17(15)23(20)21/h1-14H/b7-4+. The SMILES string of the molecule is O=C/C=C/c1ccc2c3cccc4cccc(c5cccc1c52)c43. The van der Waals surface area contributed by atoms with Crippen molar-refractivity contribution in [2.45, 2.75) is 0 Å². The first-order valence-corrected chi connectivity index (χ1v) is 8.08. The van der Waals surface area contributed by atoms with Crippen LogP contribution in [-0.4, -0.2) is 6.29 Å². The van der Waals surface area contributed by atoms with E-state index in [2.05, 4.69) is 66.7 Å². The van der Waals surface area contributed by atoms with E-state index in [4.69, 9.17) is 0 Å². The van der Waals surface area contributed by atoms with Crippen LogP contribution in [0.5, 0.6) is 0 Å². The number of aldehydes is 1. The fraction of sp³-hybridized carbons (Fsp3) is 0. The first-order valence-electron chi connectivity index (χ1n) is 8.08. The molecule has 0 aliphatic carbocycles. The molecule has 0 saturated carbocycles. The van der Waals surface area contributed by atoms with E-state index in [0.29, 0.717) is 0 Å². The van der Waals surface area contributed by atoms with Gasteiger partial charge in [-0.3, -0.25) is 4.79 Å². The molecule has 0 aliphatic heterocycles. The minimum absolute atomic E-state index is 0.825. The Balaban J connectivity index is 2.11. The highest BCUT2D eigenvalue weighted by Crippen LogP contribution is 2.40. The van der Waals surface area contributed by atoms with Crippen LogP contribution in [-0.2, 0) is 4.79 Å². The number of benzene rings is 5. The third kappa shape index (κ3) is 1.67. The van der Waals surface area contributed by atoms with E-state index in [1.807, 2.05) is 6.08 Å². The Hall–Kier alpha value is -3.19. The first kappa shape index (κ1) is 13.3. The van der Waals surface area contributed by atoms with Crippen LogP contribution in [0.3, 0.4) is 0 Å². The van der Waals surface area contributed by atoms with Crippen LogP contribution < -0.4 is 0 Å². The van der Waals surface area contributed by atoms with Crippen molar-refractivity contribution < 1.29 is 4.79 Å². The molecule has 24 heavy (non-hydrogen) atoms. The Morgan fingerprint density at radius 3 is 1.88 bits per heavy atom. The smallest absolute Gasteiger partial charge is 0.142 e. The second-order valence-corrected chi connectivity index (χ2v) is 6.13. The lowest BCUT2D eigenvalue weighted by Crippen LogP contribution is -1.88. The normalized spacial score (nSPS) is 12.2. The van der Waals surface area contributed by atoms with Crippen LogP contribution in [0, 0.1) is 0 Å². The van der Waals surface area contributed by atoms with Crippen LogP contribution in [0.1, 0.15) is 5.56 Å². The summed E-state index contributed by atoms with van der Waals surface area (Å²) < 4.78 is 0. The molecule has 0 aromatic heterocycles. The van der Waals surface area contributed by atoms with Gasteiger partial charge in [0, 0.05) is 0 Å². The van der Waals surface area contributed by atoms with Crippen LogP contribution in [0.2, 0.25) is 0 Å². The molecule has 0 aliphatic rings. The minimum atomic E-state index is 0.825. The van der Waals surface area contributed by atoms with Gasteiger partial charge in [-0.2, -0.15) is 0 Å². The second kappa shape index (κ2) is 4.90. The molecular formula is C23H14O. The molecule has 0 bridgehead atoms. The molecule has 112 valence electrons. The van der Waals surface area contributed by atoms with E-state index in [0.717, 1.165) is 11.8 Å². The summed E-state index contributed by atoms with van der Waals surface area (Å²) in [6, 6.07) is 23.7. The zero-order chi connectivity index (χ0) is 16.1. The summed E-state index contributed by atoms with van der Waals surface area (Å²) in [6.45, 7) is 0. The zero-order valence-electron chi connectivity index (χ0n) is 13.0. The molecule has 0 unspecified atom stereocenters. The van der Waals surface area contributed by atoms with E-state index >= 15 is 0 Å². The molecule has 0 heterocycles. The molecule has 5 aromatic rings. The van der Waals surface area contributed by atoms with Crippen molar-refractivity contribution in [3.63, 3.8) is 0 Å². The highest BCUT2D eigenvalue weighted by Gasteiger charge is 2.13. The van der Waals surface area contributed by atoms with Crippen LogP contribution in [0.25, 0.3) is 49.2 Å². The number of carbonyl (C=O) groups is 1. The van der Waals surface area contributed by atoms with Gasteiger partial charge in [-0.1, -0.05) is 72.8 Å². The predicted molar refractivity (Wildman–Crippen MR) is 103 cm³/mol. The molecule has 0 radical (unpaired) electrons. The first-order chi connectivity index (χ1) is 11.9. The van der Waals surface area contributed by atoms with Gasteiger partial charge in [0.05, 0.1) is 0 Å². The number of allylic oxidation sites excluding steroid dienone is 1. The zero-order valence-corrected chi connectivity index (χ0v) is 13.0. The molecule has 1 nitrogen and oxygen atoms in total. The van der Waals surface area contributed by atoms with Crippen LogP contribution >= 0.6 is 0 Å². The van der Waals surface area contributed by atoms with E-state index in [1.54, 1.807) is 6.08 Å². The van der Waals surface area contributed by atoms with Crippen molar-refractivity contribution in [2.24, 2.45) is 0 Å². The second-order valence-electron chi connectivity index (χ2n) is 6.13. The summed E-state index contributed by atoms with van der Waals surface area (Å²) in [6.07, 6.45) is 4.27. The summed E-state index contributed by atoms with van der Waals surface area (Å²) >= 11 is 0. The molecule has 0 N–H and O–H groups in total. The number of fused-ring (bicyclic) bond motifs is 2. The fourth-order valence-electron chi connectivity index (χ4n) is 3.96. The quantitative estimate of drug-likeness (QED) is 0.170. The highest BCUT2D eigenvalue weighted by atomic mass is 16.1. The average Bonchev–Trinajstić information content (AvgIpc) is 2.64. The van der Waals surface area contributed by atoms with E-state index in [-0.39, 0.29) is 0 Å². The van der Waals surface area contributed by atoms with E-state index in [1.165, 1.54) is 43.1 Å². The molecule has 5 rings (SSSR count). The monoisotopic (exact) mass is 306 g/mol. The maximum absolute atomic E-state index is 10.7. The van der Waals surface area contributed by atoms with Crippen molar-refractivity contribution in [3.05, 3.63) is 78.4 Å². The molecule has 0 fully saturated rings. The Morgan fingerprint density at radius 1 is 0.583 bits per heavy atom.